The average molecular weight is 350 g/mol. The van der Waals surface area contributed by atoms with Crippen LogP contribution in [0.3, 0.4) is 0 Å². The first-order valence-electron chi connectivity index (χ1n) is 5.91. The number of anilines is 1. The van der Waals surface area contributed by atoms with E-state index in [0.29, 0.717) is 22.2 Å². The number of rotatable bonds is 2. The fourth-order valence-electron chi connectivity index (χ4n) is 1.92. The molecule has 2 aromatic carbocycles. The van der Waals surface area contributed by atoms with E-state index in [4.69, 9.17) is 22.1 Å². The lowest BCUT2D eigenvalue weighted by atomic mass is 10.1. The molecule has 3 rings (SSSR count). The van der Waals surface area contributed by atoms with Gasteiger partial charge < -0.3 is 10.5 Å². The summed E-state index contributed by atoms with van der Waals surface area (Å²) in [5.74, 6) is 1.11. The summed E-state index contributed by atoms with van der Waals surface area (Å²) in [6.45, 7) is 0. The SMILES string of the molecule is Nc1c(Oc2cc(Br)ccc2Cl)ccc2ncccc12. The van der Waals surface area contributed by atoms with E-state index in [0.717, 1.165) is 15.4 Å². The van der Waals surface area contributed by atoms with Crippen molar-refractivity contribution in [2.75, 3.05) is 5.73 Å². The molecule has 20 heavy (non-hydrogen) atoms. The lowest BCUT2D eigenvalue weighted by Gasteiger charge is -2.11. The summed E-state index contributed by atoms with van der Waals surface area (Å²) in [4.78, 5) is 4.25. The first-order chi connectivity index (χ1) is 9.65. The van der Waals surface area contributed by atoms with Gasteiger partial charge >= 0.3 is 0 Å². The predicted octanol–water partition coefficient (Wildman–Crippen LogP) is 5.03. The highest BCUT2D eigenvalue weighted by Gasteiger charge is 2.09. The van der Waals surface area contributed by atoms with Gasteiger partial charge in [-0.05, 0) is 42.5 Å². The zero-order valence-electron chi connectivity index (χ0n) is 10.3. The lowest BCUT2D eigenvalue weighted by Crippen LogP contribution is -1.94. The summed E-state index contributed by atoms with van der Waals surface area (Å²) in [5.41, 5.74) is 7.51. The molecule has 0 saturated carbocycles. The molecule has 2 N–H and O–H groups in total. The number of nitrogens with zero attached hydrogens (tertiary/aromatic N) is 1. The minimum atomic E-state index is 0.527. The number of ether oxygens (including phenoxy) is 1. The van der Waals surface area contributed by atoms with E-state index in [1.54, 1.807) is 24.4 Å². The van der Waals surface area contributed by atoms with Crippen LogP contribution in [0.25, 0.3) is 10.9 Å². The molecule has 1 heterocycles. The largest absolute Gasteiger partial charge is 0.454 e. The number of nitrogens with two attached hydrogens (primary N) is 1. The summed E-state index contributed by atoms with van der Waals surface area (Å²) in [7, 11) is 0. The number of nitrogen functional groups attached to an aromatic ring is 1. The van der Waals surface area contributed by atoms with Crippen molar-refractivity contribution < 1.29 is 4.74 Å². The Bertz CT molecular complexity index is 792. The van der Waals surface area contributed by atoms with Crippen molar-refractivity contribution in [2.45, 2.75) is 0 Å². The van der Waals surface area contributed by atoms with Gasteiger partial charge in [0.15, 0.2) is 5.75 Å². The van der Waals surface area contributed by atoms with Gasteiger partial charge in [-0.1, -0.05) is 27.5 Å². The van der Waals surface area contributed by atoms with E-state index >= 15 is 0 Å². The number of hydrogen-bond donors (Lipinski definition) is 1. The molecule has 0 atom stereocenters. The fourth-order valence-corrected chi connectivity index (χ4v) is 2.41. The summed E-state index contributed by atoms with van der Waals surface area (Å²) in [6.07, 6.45) is 1.73. The second-order valence-electron chi connectivity index (χ2n) is 4.22. The molecule has 3 nitrogen and oxygen atoms in total. The summed E-state index contributed by atoms with van der Waals surface area (Å²) in [5, 5.41) is 1.38. The minimum absolute atomic E-state index is 0.527. The molecule has 0 amide bonds. The smallest absolute Gasteiger partial charge is 0.151 e. The molecule has 0 bridgehead atoms. The van der Waals surface area contributed by atoms with Crippen LogP contribution in [0.1, 0.15) is 0 Å². The number of fused-ring (bicyclic) bond motifs is 1. The van der Waals surface area contributed by atoms with Crippen molar-refractivity contribution in [1.82, 2.24) is 4.98 Å². The molecule has 0 unspecified atom stereocenters. The van der Waals surface area contributed by atoms with Crippen LogP contribution < -0.4 is 10.5 Å². The van der Waals surface area contributed by atoms with Gasteiger partial charge in [-0.3, -0.25) is 4.98 Å². The normalized spacial score (nSPS) is 10.7. The number of pyridine rings is 1. The van der Waals surface area contributed by atoms with Crippen LogP contribution in [-0.2, 0) is 0 Å². The first kappa shape index (κ1) is 13.2. The van der Waals surface area contributed by atoms with Crippen molar-refractivity contribution in [2.24, 2.45) is 0 Å². The van der Waals surface area contributed by atoms with E-state index in [-0.39, 0.29) is 0 Å². The second-order valence-corrected chi connectivity index (χ2v) is 5.55. The number of aromatic nitrogens is 1. The molecule has 0 radical (unpaired) electrons. The molecule has 3 aromatic rings. The third-order valence-corrected chi connectivity index (χ3v) is 3.71. The van der Waals surface area contributed by atoms with E-state index in [2.05, 4.69) is 20.9 Å². The van der Waals surface area contributed by atoms with E-state index < -0.39 is 0 Å². The van der Waals surface area contributed by atoms with Crippen molar-refractivity contribution in [3.63, 3.8) is 0 Å². The summed E-state index contributed by atoms with van der Waals surface area (Å²) >= 11 is 9.51. The molecular weight excluding hydrogens is 340 g/mol. The van der Waals surface area contributed by atoms with E-state index in [1.165, 1.54) is 0 Å². The summed E-state index contributed by atoms with van der Waals surface area (Å²) in [6, 6.07) is 12.8. The van der Waals surface area contributed by atoms with E-state index in [9.17, 15) is 0 Å². The monoisotopic (exact) mass is 348 g/mol. The highest BCUT2D eigenvalue weighted by atomic mass is 79.9. The second kappa shape index (κ2) is 5.31. The van der Waals surface area contributed by atoms with Crippen LogP contribution in [0.5, 0.6) is 11.5 Å². The fraction of sp³-hybridized carbons (Fsp3) is 0. The van der Waals surface area contributed by atoms with Crippen molar-refractivity contribution >= 4 is 44.1 Å². The van der Waals surface area contributed by atoms with Crippen LogP contribution in [0.4, 0.5) is 5.69 Å². The summed E-state index contributed by atoms with van der Waals surface area (Å²) < 4.78 is 6.70. The molecular formula is C15H10BrClN2O. The van der Waals surface area contributed by atoms with Crippen molar-refractivity contribution in [1.29, 1.82) is 0 Å². The molecule has 0 aliphatic rings. The van der Waals surface area contributed by atoms with Gasteiger partial charge in [-0.15, -0.1) is 0 Å². The molecule has 100 valence electrons. The van der Waals surface area contributed by atoms with Crippen LogP contribution in [0, 0.1) is 0 Å². The zero-order valence-corrected chi connectivity index (χ0v) is 12.6. The van der Waals surface area contributed by atoms with Gasteiger partial charge in [0.2, 0.25) is 0 Å². The number of benzene rings is 2. The zero-order chi connectivity index (χ0) is 14.1. The maximum Gasteiger partial charge on any atom is 0.151 e. The van der Waals surface area contributed by atoms with Crippen LogP contribution in [-0.4, -0.2) is 4.98 Å². The number of halogens is 2. The van der Waals surface area contributed by atoms with Gasteiger partial charge in [-0.25, -0.2) is 0 Å². The van der Waals surface area contributed by atoms with Crippen molar-refractivity contribution in [3.05, 3.63) is 58.2 Å². The van der Waals surface area contributed by atoms with Gasteiger partial charge in [0, 0.05) is 16.1 Å². The van der Waals surface area contributed by atoms with E-state index in [1.807, 2.05) is 24.3 Å². The maximum absolute atomic E-state index is 6.14. The topological polar surface area (TPSA) is 48.1 Å². The lowest BCUT2D eigenvalue weighted by molar-refractivity contribution is 0.485. The molecule has 1 aromatic heterocycles. The molecule has 0 saturated heterocycles. The Labute approximate surface area is 129 Å². The number of hydrogen-bond acceptors (Lipinski definition) is 3. The van der Waals surface area contributed by atoms with Crippen LogP contribution in [0.2, 0.25) is 5.02 Å². The highest BCUT2D eigenvalue weighted by molar-refractivity contribution is 9.10. The Hall–Kier alpha value is -1.78. The van der Waals surface area contributed by atoms with Gasteiger partial charge in [-0.2, -0.15) is 0 Å². The highest BCUT2D eigenvalue weighted by Crippen LogP contribution is 2.36. The molecule has 0 fully saturated rings. The molecule has 5 heteroatoms. The van der Waals surface area contributed by atoms with Crippen molar-refractivity contribution in [3.8, 4) is 11.5 Å². The van der Waals surface area contributed by atoms with Gasteiger partial charge in [0.25, 0.3) is 0 Å². The maximum atomic E-state index is 6.14. The molecule has 0 spiro atoms. The molecule has 0 aliphatic heterocycles. The van der Waals surface area contributed by atoms with Crippen LogP contribution in [0.15, 0.2) is 53.1 Å². The minimum Gasteiger partial charge on any atom is -0.454 e. The molecule has 0 aliphatic carbocycles. The Morgan fingerprint density at radius 1 is 1.10 bits per heavy atom. The first-order valence-corrected chi connectivity index (χ1v) is 7.08. The average Bonchev–Trinajstić information content (AvgIpc) is 2.46. The Morgan fingerprint density at radius 3 is 2.80 bits per heavy atom. The van der Waals surface area contributed by atoms with Crippen LogP contribution >= 0.6 is 27.5 Å². The third kappa shape index (κ3) is 2.44. The Kier molecular flexibility index (Phi) is 3.51. The quantitative estimate of drug-likeness (QED) is 0.660. The standard InChI is InChI=1S/C15H10BrClN2O/c16-9-3-4-11(17)14(8-9)20-13-6-5-12-10(15(13)18)2-1-7-19-12/h1-8H,18H2. The Balaban J connectivity index is 2.07. The Morgan fingerprint density at radius 2 is 1.95 bits per heavy atom. The van der Waals surface area contributed by atoms with Gasteiger partial charge in [0.05, 0.1) is 16.2 Å². The predicted molar refractivity (Wildman–Crippen MR) is 85.4 cm³/mol. The van der Waals surface area contributed by atoms with Gasteiger partial charge in [0.1, 0.15) is 5.75 Å². The third-order valence-electron chi connectivity index (χ3n) is 2.90.